The van der Waals surface area contributed by atoms with E-state index in [-0.39, 0.29) is 93.9 Å². The van der Waals surface area contributed by atoms with Gasteiger partial charge in [0.05, 0.1) is 19.5 Å². The minimum absolute atomic E-state index is 0.0913. The molecule has 6 rings (SSSR count). The number of likely N-dealkylation sites (N-methyl/N-ethyl adjacent to an activating group) is 1. The Morgan fingerprint density at radius 3 is 2.01 bits per heavy atom. The van der Waals surface area contributed by atoms with Gasteiger partial charge in [0.25, 0.3) is 5.97 Å². The smallest absolute Gasteiger partial charge is 0.300 e. The number of para-hydroxylation sites is 1. The van der Waals surface area contributed by atoms with E-state index >= 15 is 0 Å². The van der Waals surface area contributed by atoms with Gasteiger partial charge >= 0.3 is 0 Å². The Morgan fingerprint density at radius 1 is 0.759 bits per heavy atom. The second-order valence-electron chi connectivity index (χ2n) is 21.4. The number of aromatic amines is 2. The number of phenols is 1. The molecular formula is C57H80N16O14. The van der Waals surface area contributed by atoms with Gasteiger partial charge in [-0.25, -0.2) is 4.98 Å². The number of aliphatic carboxylic acids is 1. The zero-order valence-electron chi connectivity index (χ0n) is 49.0. The molecule has 2 saturated heterocycles. The second kappa shape index (κ2) is 33.8. The molecule has 4 aromatic rings. The first-order valence-electron chi connectivity index (χ1n) is 28.6. The molecule has 0 bridgehead atoms. The van der Waals surface area contributed by atoms with E-state index in [1.165, 1.54) is 41.7 Å². The van der Waals surface area contributed by atoms with Gasteiger partial charge in [0, 0.05) is 81.2 Å². The summed E-state index contributed by atoms with van der Waals surface area (Å²) < 4.78 is 0. The molecule has 8 atom stereocenters. The number of rotatable bonds is 30. The van der Waals surface area contributed by atoms with Crippen LogP contribution in [0.1, 0.15) is 89.5 Å². The highest BCUT2D eigenvalue weighted by atomic mass is 16.4. The first kappa shape index (κ1) is 68.2. The fraction of sp³-hybridized carbons (Fsp3) is 0.491. The summed E-state index contributed by atoms with van der Waals surface area (Å²) in [5, 5.41) is 52.4. The molecule has 30 nitrogen and oxygen atoms in total. The summed E-state index contributed by atoms with van der Waals surface area (Å²) in [6.45, 7) is 5.55. The van der Waals surface area contributed by atoms with Crippen molar-refractivity contribution in [2.45, 2.75) is 140 Å². The number of phenolic OH excluding ortho intramolecular Hbond substituents is 1. The van der Waals surface area contributed by atoms with E-state index in [1.54, 1.807) is 31.3 Å². The third kappa shape index (κ3) is 21.8. The minimum atomic E-state index is -1.74. The largest absolute Gasteiger partial charge is 0.508 e. The summed E-state index contributed by atoms with van der Waals surface area (Å²) in [6, 6.07) is 2.91. The number of hydrogen-bond donors (Lipinski definition) is 16. The minimum Gasteiger partial charge on any atom is -0.508 e. The maximum atomic E-state index is 14.4. The van der Waals surface area contributed by atoms with Crippen LogP contribution in [0.3, 0.4) is 0 Å². The van der Waals surface area contributed by atoms with Gasteiger partial charge in [0.1, 0.15) is 54.1 Å². The van der Waals surface area contributed by atoms with E-state index in [2.05, 4.69) is 67.8 Å². The number of fused-ring (bicyclic) bond motifs is 1. The zero-order valence-corrected chi connectivity index (χ0v) is 49.0. The zero-order chi connectivity index (χ0) is 63.7. The second-order valence-corrected chi connectivity index (χ2v) is 21.4. The Labute approximate surface area is 501 Å². The molecule has 2 aliphatic rings. The molecule has 18 N–H and O–H groups in total. The first-order valence-corrected chi connectivity index (χ1v) is 28.6. The SMILES string of the molecule is CC(=O)O.CCNC(=O)[C@H]1CCCN1C(=O)[C@H](CCCN=C(N)N)NC(=O)[C@H](CC(C)C)NC(=O)CNC(=O)[C@@H](Cc1ccc(O)cc1)NC(=O)C(CO)NC(=O)[C@H](Cc1c[nH]c2ccccc12)NC(=O)[C@H](Cc1cnc[nH]1)NC(=O)[C@@H]1CCC(=O)N1. The number of nitrogens with two attached hydrogens (primary N) is 2. The number of carbonyl (C=O) groups excluding carboxylic acids is 10. The Hall–Kier alpha value is -9.61. The average molecular weight is 1210 g/mol. The Balaban J connectivity index is 0.00000334. The molecule has 1 unspecified atom stereocenters. The molecule has 10 amide bonds. The van der Waals surface area contributed by atoms with Gasteiger partial charge in [-0.1, -0.05) is 44.2 Å². The summed E-state index contributed by atoms with van der Waals surface area (Å²) >= 11 is 0. The van der Waals surface area contributed by atoms with E-state index in [0.29, 0.717) is 41.6 Å². The van der Waals surface area contributed by atoms with E-state index in [9.17, 15) is 58.2 Å². The topological polar surface area (TPSA) is 469 Å². The number of likely N-dealkylation sites (tertiary alicyclic amines) is 1. The Morgan fingerprint density at radius 2 is 1.39 bits per heavy atom. The van der Waals surface area contributed by atoms with Crippen LogP contribution in [0.2, 0.25) is 0 Å². The van der Waals surface area contributed by atoms with Crippen molar-refractivity contribution in [2.24, 2.45) is 22.4 Å². The van der Waals surface area contributed by atoms with Crippen molar-refractivity contribution in [3.8, 4) is 5.75 Å². The number of aromatic hydroxyl groups is 1. The molecule has 0 aliphatic carbocycles. The van der Waals surface area contributed by atoms with Gasteiger partial charge in [0.2, 0.25) is 59.1 Å². The number of carbonyl (C=O) groups is 11. The fourth-order valence-corrected chi connectivity index (χ4v) is 9.79. The number of hydrogen-bond acceptors (Lipinski definition) is 15. The van der Waals surface area contributed by atoms with Crippen molar-refractivity contribution < 1.29 is 68.1 Å². The lowest BCUT2D eigenvalue weighted by atomic mass is 10.0. The van der Waals surface area contributed by atoms with Crippen LogP contribution < -0.4 is 59.3 Å². The molecule has 0 saturated carbocycles. The number of aliphatic hydroxyl groups excluding tert-OH is 1. The molecule has 2 aliphatic heterocycles. The van der Waals surface area contributed by atoms with Crippen molar-refractivity contribution in [1.82, 2.24) is 67.7 Å². The van der Waals surface area contributed by atoms with Crippen molar-refractivity contribution in [1.29, 1.82) is 0 Å². The third-order valence-electron chi connectivity index (χ3n) is 14.0. The van der Waals surface area contributed by atoms with Crippen molar-refractivity contribution >= 4 is 81.9 Å². The molecule has 2 aromatic heterocycles. The standard InChI is InChI=1S/C55H76N16O12.C2H4O2/c1-4-59-53(82)44-12-8-20-71(44)54(83)38(11-7-19-60-55(56)57)66-49(78)39(21-30(2)3)65-46(75)27-62-47(76)40(22-31-13-15-34(73)16-14-31)67-52(81)43(28-72)70-50(79)41(23-32-25-61-36-10-6-5-9-35(32)36)68-51(80)42(24-33-26-58-29-63-33)69-48(77)37-17-18-45(74)64-37;1-2(3)4/h5-6,9-10,13-16,25-26,29-30,37-44,61,72-73H,4,7-8,11-12,17-24,27-28H2,1-3H3,(H,58,63)(H,59,82)(H,62,76)(H,64,74)(H,65,75)(H,66,78)(H,67,81)(H,68,80)(H,69,77)(H,70,79)(H4,56,57,60);1H3,(H,3,4)/t37-,38-,39-,40+,41-,42-,43?,44+;/m0./s1. The summed E-state index contributed by atoms with van der Waals surface area (Å²) in [5.41, 5.74) is 13.2. The molecular weight excluding hydrogens is 1130 g/mol. The number of nitrogens with zero attached hydrogens (tertiary/aromatic N) is 3. The van der Waals surface area contributed by atoms with Crippen LogP contribution in [0.15, 0.2) is 72.2 Å². The molecule has 2 aromatic carbocycles. The Bertz CT molecular complexity index is 3050. The predicted molar refractivity (Wildman–Crippen MR) is 315 cm³/mol. The molecule has 87 heavy (non-hydrogen) atoms. The highest BCUT2D eigenvalue weighted by Gasteiger charge is 2.39. The molecule has 30 heteroatoms. The highest BCUT2D eigenvalue weighted by molar-refractivity contribution is 5.99. The van der Waals surface area contributed by atoms with Gasteiger partial charge in [-0.15, -0.1) is 0 Å². The quantitative estimate of drug-likeness (QED) is 0.0143. The van der Waals surface area contributed by atoms with Crippen LogP contribution in [0.25, 0.3) is 10.9 Å². The third-order valence-corrected chi connectivity index (χ3v) is 14.0. The Kier molecular flexibility index (Phi) is 26.5. The number of aliphatic hydroxyl groups is 1. The lowest BCUT2D eigenvalue weighted by Crippen LogP contribution is -2.60. The first-order chi connectivity index (χ1) is 41.5. The molecule has 472 valence electrons. The van der Waals surface area contributed by atoms with E-state index in [0.717, 1.165) is 12.4 Å². The number of carboxylic acid groups (broad SMARTS) is 1. The van der Waals surface area contributed by atoms with E-state index in [4.69, 9.17) is 21.4 Å². The van der Waals surface area contributed by atoms with Crippen LogP contribution in [-0.2, 0) is 72.0 Å². The monoisotopic (exact) mass is 1210 g/mol. The lowest BCUT2D eigenvalue weighted by Gasteiger charge is -2.30. The number of imidazole rings is 1. The van der Waals surface area contributed by atoms with Gasteiger partial charge < -0.3 is 89.5 Å². The molecule has 0 spiro atoms. The van der Waals surface area contributed by atoms with E-state index in [1.807, 2.05) is 19.9 Å². The van der Waals surface area contributed by atoms with Crippen LogP contribution in [0, 0.1) is 5.92 Å². The molecule has 2 fully saturated rings. The van der Waals surface area contributed by atoms with Crippen molar-refractivity contribution in [2.75, 3.05) is 32.8 Å². The number of benzene rings is 2. The van der Waals surface area contributed by atoms with Gasteiger partial charge in [-0.2, -0.15) is 0 Å². The van der Waals surface area contributed by atoms with Crippen molar-refractivity contribution in [3.63, 3.8) is 0 Å². The van der Waals surface area contributed by atoms with Crippen LogP contribution in [0.4, 0.5) is 0 Å². The highest BCUT2D eigenvalue weighted by Crippen LogP contribution is 2.22. The number of guanidine groups is 1. The van der Waals surface area contributed by atoms with Crippen LogP contribution >= 0.6 is 0 Å². The van der Waals surface area contributed by atoms with Crippen LogP contribution in [0.5, 0.6) is 5.75 Å². The predicted octanol–water partition coefficient (Wildman–Crippen LogP) is -2.76. The number of carboxylic acids is 1. The van der Waals surface area contributed by atoms with Crippen molar-refractivity contribution in [3.05, 3.63) is 84.1 Å². The maximum Gasteiger partial charge on any atom is 0.300 e. The van der Waals surface area contributed by atoms with Crippen LogP contribution in [-0.4, -0.2) is 187 Å². The number of nitrogens with one attached hydrogen (secondary N) is 11. The molecule has 4 heterocycles. The summed E-state index contributed by atoms with van der Waals surface area (Å²) in [5.74, 6) is -8.24. The van der Waals surface area contributed by atoms with Gasteiger partial charge in [-0.3, -0.25) is 57.7 Å². The summed E-state index contributed by atoms with van der Waals surface area (Å²) in [4.78, 5) is 161. The summed E-state index contributed by atoms with van der Waals surface area (Å²) in [7, 11) is 0. The maximum absolute atomic E-state index is 14.4. The van der Waals surface area contributed by atoms with E-state index < -0.39 is 115 Å². The summed E-state index contributed by atoms with van der Waals surface area (Å²) in [6.07, 6.45) is 5.78. The molecule has 0 radical (unpaired) electrons. The van der Waals surface area contributed by atoms with Gasteiger partial charge in [0.15, 0.2) is 5.96 Å². The number of amides is 10. The van der Waals surface area contributed by atoms with Gasteiger partial charge in [-0.05, 0) is 80.7 Å². The number of H-pyrrole nitrogens is 2. The average Bonchev–Trinajstić information content (AvgIpc) is 2.38. The fourth-order valence-electron chi connectivity index (χ4n) is 9.79. The number of aliphatic imine (C=N–C) groups is 1. The lowest BCUT2D eigenvalue weighted by molar-refractivity contribution is -0.142. The number of aromatic nitrogens is 3. The normalized spacial score (nSPS) is 16.4.